The van der Waals surface area contributed by atoms with E-state index in [0.717, 1.165) is 21.3 Å². The Balaban J connectivity index is 2.38. The third-order valence-electron chi connectivity index (χ3n) is 2.64. The molecule has 4 heteroatoms. The van der Waals surface area contributed by atoms with Gasteiger partial charge in [0.2, 0.25) is 0 Å². The molecule has 0 bridgehead atoms. The largest absolute Gasteiger partial charge is 0.382 e. The average Bonchev–Trinajstić information content (AvgIpc) is 2.67. The molecule has 0 aliphatic heterocycles. The molecule has 1 aromatic carbocycles. The summed E-state index contributed by atoms with van der Waals surface area (Å²) in [7, 11) is 1.82. The van der Waals surface area contributed by atoms with Crippen molar-refractivity contribution in [2.24, 2.45) is 7.05 Å². The van der Waals surface area contributed by atoms with Crippen LogP contribution in [0.4, 0.5) is 0 Å². The summed E-state index contributed by atoms with van der Waals surface area (Å²) in [5.41, 5.74) is 2.78. The second kappa shape index (κ2) is 4.39. The minimum absolute atomic E-state index is 0.626. The van der Waals surface area contributed by atoms with Gasteiger partial charge in [0.1, 0.15) is 6.10 Å². The highest BCUT2D eigenvalue weighted by Gasteiger charge is 2.14. The molecule has 0 fully saturated rings. The van der Waals surface area contributed by atoms with E-state index in [1.807, 2.05) is 38.2 Å². The quantitative estimate of drug-likeness (QED) is 0.918. The van der Waals surface area contributed by atoms with Crippen LogP contribution in [0.3, 0.4) is 0 Å². The summed E-state index contributed by atoms with van der Waals surface area (Å²) in [5, 5.41) is 14.3. The van der Waals surface area contributed by atoms with Crippen molar-refractivity contribution in [1.82, 2.24) is 9.78 Å². The maximum atomic E-state index is 10.2. The lowest BCUT2D eigenvalue weighted by Crippen LogP contribution is -2.06. The van der Waals surface area contributed by atoms with E-state index in [2.05, 4.69) is 21.0 Å². The average molecular weight is 281 g/mol. The van der Waals surface area contributed by atoms with Crippen LogP contribution in [0.5, 0.6) is 0 Å². The third-order valence-corrected chi connectivity index (χ3v) is 3.53. The Bertz CT molecular complexity index is 507. The summed E-state index contributed by atoms with van der Waals surface area (Å²) >= 11 is 3.44. The van der Waals surface area contributed by atoms with Crippen LogP contribution in [0.2, 0.25) is 0 Å². The molecule has 1 N–H and O–H groups in total. The van der Waals surface area contributed by atoms with Crippen molar-refractivity contribution >= 4 is 15.9 Å². The minimum atomic E-state index is -0.626. The third kappa shape index (κ3) is 2.03. The van der Waals surface area contributed by atoms with Crippen LogP contribution >= 0.6 is 15.9 Å². The standard InChI is InChI=1S/C12H13BrN2O/c1-8-7-9(3-4-10(8)13)12(16)11-5-6-14-15(11)2/h3-7,12,16H,1-2H3. The first-order valence-electron chi connectivity index (χ1n) is 5.01. The second-order valence-corrected chi connectivity index (χ2v) is 4.65. The molecular formula is C12H13BrN2O. The molecule has 16 heavy (non-hydrogen) atoms. The number of aryl methyl sites for hydroxylation is 2. The molecule has 1 heterocycles. The van der Waals surface area contributed by atoms with Gasteiger partial charge in [-0.2, -0.15) is 5.10 Å². The second-order valence-electron chi connectivity index (χ2n) is 3.79. The number of nitrogens with zero attached hydrogens (tertiary/aromatic N) is 2. The maximum Gasteiger partial charge on any atom is 0.121 e. The molecule has 0 aliphatic carbocycles. The highest BCUT2D eigenvalue weighted by atomic mass is 79.9. The Morgan fingerprint density at radius 1 is 1.38 bits per heavy atom. The van der Waals surface area contributed by atoms with Gasteiger partial charge in [-0.15, -0.1) is 0 Å². The Hall–Kier alpha value is -1.13. The van der Waals surface area contributed by atoms with Crippen LogP contribution in [-0.4, -0.2) is 14.9 Å². The molecule has 1 atom stereocenters. The van der Waals surface area contributed by atoms with Crippen LogP contribution in [0.1, 0.15) is 22.9 Å². The molecule has 1 aromatic heterocycles. The summed E-state index contributed by atoms with van der Waals surface area (Å²) in [6, 6.07) is 7.66. The van der Waals surface area contributed by atoms with Crippen molar-refractivity contribution < 1.29 is 5.11 Å². The maximum absolute atomic E-state index is 10.2. The van der Waals surface area contributed by atoms with Gasteiger partial charge < -0.3 is 5.11 Å². The van der Waals surface area contributed by atoms with Crippen LogP contribution in [0.25, 0.3) is 0 Å². The molecular weight excluding hydrogens is 268 g/mol. The molecule has 0 saturated heterocycles. The Morgan fingerprint density at radius 2 is 2.12 bits per heavy atom. The van der Waals surface area contributed by atoms with Crippen LogP contribution < -0.4 is 0 Å². The number of aliphatic hydroxyl groups is 1. The first kappa shape index (κ1) is 11.4. The van der Waals surface area contributed by atoms with Gasteiger partial charge in [-0.3, -0.25) is 4.68 Å². The van der Waals surface area contributed by atoms with Gasteiger partial charge >= 0.3 is 0 Å². The monoisotopic (exact) mass is 280 g/mol. The fourth-order valence-corrected chi connectivity index (χ4v) is 1.91. The van der Waals surface area contributed by atoms with Crippen molar-refractivity contribution in [3.8, 4) is 0 Å². The number of aliphatic hydroxyl groups excluding tert-OH is 1. The fraction of sp³-hybridized carbons (Fsp3) is 0.250. The first-order valence-corrected chi connectivity index (χ1v) is 5.81. The molecule has 0 spiro atoms. The molecule has 0 aliphatic rings. The van der Waals surface area contributed by atoms with Crippen molar-refractivity contribution in [1.29, 1.82) is 0 Å². The molecule has 0 saturated carbocycles. The Kier molecular flexibility index (Phi) is 3.12. The molecule has 0 radical (unpaired) electrons. The van der Waals surface area contributed by atoms with Crippen molar-refractivity contribution in [2.75, 3.05) is 0 Å². The lowest BCUT2D eigenvalue weighted by molar-refractivity contribution is 0.209. The number of halogens is 1. The molecule has 3 nitrogen and oxygen atoms in total. The molecule has 84 valence electrons. The summed E-state index contributed by atoms with van der Waals surface area (Å²) in [5.74, 6) is 0. The summed E-state index contributed by atoms with van der Waals surface area (Å²) in [6.45, 7) is 2.00. The van der Waals surface area contributed by atoms with Crippen molar-refractivity contribution in [2.45, 2.75) is 13.0 Å². The van der Waals surface area contributed by atoms with Crippen molar-refractivity contribution in [3.63, 3.8) is 0 Å². The zero-order chi connectivity index (χ0) is 11.7. The predicted molar refractivity (Wildman–Crippen MR) is 66.1 cm³/mol. The summed E-state index contributed by atoms with van der Waals surface area (Å²) in [4.78, 5) is 0. The predicted octanol–water partition coefficient (Wildman–Crippen LogP) is 2.57. The van der Waals surface area contributed by atoms with Gasteiger partial charge in [0, 0.05) is 17.7 Å². The molecule has 0 amide bonds. The smallest absolute Gasteiger partial charge is 0.121 e. The van der Waals surface area contributed by atoms with Crippen molar-refractivity contribution in [3.05, 3.63) is 51.8 Å². The van der Waals surface area contributed by atoms with Crippen LogP contribution in [0.15, 0.2) is 34.9 Å². The van der Waals surface area contributed by atoms with E-state index in [9.17, 15) is 5.11 Å². The first-order chi connectivity index (χ1) is 7.59. The van der Waals surface area contributed by atoms with Crippen LogP contribution in [-0.2, 0) is 7.05 Å². The minimum Gasteiger partial charge on any atom is -0.382 e. The van der Waals surface area contributed by atoms with Gasteiger partial charge in [-0.25, -0.2) is 0 Å². The number of rotatable bonds is 2. The van der Waals surface area contributed by atoms with E-state index in [1.165, 1.54) is 0 Å². The van der Waals surface area contributed by atoms with E-state index >= 15 is 0 Å². The van der Waals surface area contributed by atoms with E-state index in [0.29, 0.717) is 0 Å². The molecule has 2 aromatic rings. The van der Waals surface area contributed by atoms with E-state index in [1.54, 1.807) is 10.9 Å². The highest BCUT2D eigenvalue weighted by molar-refractivity contribution is 9.10. The van der Waals surface area contributed by atoms with Gasteiger partial charge in [-0.05, 0) is 30.2 Å². The van der Waals surface area contributed by atoms with E-state index in [4.69, 9.17) is 0 Å². The normalized spacial score (nSPS) is 12.8. The zero-order valence-electron chi connectivity index (χ0n) is 9.18. The molecule has 2 rings (SSSR count). The van der Waals surface area contributed by atoms with E-state index < -0.39 is 6.10 Å². The van der Waals surface area contributed by atoms with Crippen LogP contribution in [0, 0.1) is 6.92 Å². The van der Waals surface area contributed by atoms with Gasteiger partial charge in [-0.1, -0.05) is 28.1 Å². The fourth-order valence-electron chi connectivity index (χ4n) is 1.66. The van der Waals surface area contributed by atoms with Gasteiger partial charge in [0.05, 0.1) is 5.69 Å². The summed E-state index contributed by atoms with van der Waals surface area (Å²) < 4.78 is 2.73. The molecule has 1 unspecified atom stereocenters. The summed E-state index contributed by atoms with van der Waals surface area (Å²) in [6.07, 6.45) is 1.06. The lowest BCUT2D eigenvalue weighted by Gasteiger charge is -2.12. The Morgan fingerprint density at radius 3 is 2.69 bits per heavy atom. The lowest BCUT2D eigenvalue weighted by atomic mass is 10.0. The van der Waals surface area contributed by atoms with Gasteiger partial charge in [0.25, 0.3) is 0 Å². The van der Waals surface area contributed by atoms with Gasteiger partial charge in [0.15, 0.2) is 0 Å². The number of aromatic nitrogens is 2. The number of hydrogen-bond acceptors (Lipinski definition) is 2. The number of hydrogen-bond donors (Lipinski definition) is 1. The highest BCUT2D eigenvalue weighted by Crippen LogP contribution is 2.25. The number of benzene rings is 1. The topological polar surface area (TPSA) is 38.1 Å². The zero-order valence-corrected chi connectivity index (χ0v) is 10.8. The van der Waals surface area contributed by atoms with E-state index in [-0.39, 0.29) is 0 Å². The Labute approximate surface area is 103 Å². The SMILES string of the molecule is Cc1cc(C(O)c2ccnn2C)ccc1Br.